The maximum Gasteiger partial charge on any atom is 0.303 e. The van der Waals surface area contributed by atoms with Crippen LogP contribution in [0, 0.1) is 5.82 Å². The highest BCUT2D eigenvalue weighted by atomic mass is 19.1. The number of carbonyl (C=O) groups excluding carboxylic acids is 2. The number of nitrogens with zero attached hydrogens (tertiary/aromatic N) is 1. The van der Waals surface area contributed by atoms with Gasteiger partial charge in [0.2, 0.25) is 11.8 Å². The number of anilines is 1. The van der Waals surface area contributed by atoms with Crippen LogP contribution in [0.25, 0.3) is 11.1 Å². The predicted octanol–water partition coefficient (Wildman–Crippen LogP) is 5.59. The molecule has 0 bridgehead atoms. The Bertz CT molecular complexity index is 1490. The molecule has 1 aliphatic heterocycles. The summed E-state index contributed by atoms with van der Waals surface area (Å²) >= 11 is 0. The van der Waals surface area contributed by atoms with Crippen molar-refractivity contribution >= 4 is 23.5 Å². The zero-order valence-electron chi connectivity index (χ0n) is 26.1. The fraction of sp³-hybridized carbons (Fsp3) is 0.400. The van der Waals surface area contributed by atoms with Crippen LogP contribution in [0.1, 0.15) is 50.2 Å². The number of aryl methyl sites for hydroxylation is 2. The third-order valence-corrected chi connectivity index (χ3v) is 7.64. The topological polar surface area (TPSA) is 135 Å². The van der Waals surface area contributed by atoms with E-state index in [2.05, 4.69) is 5.32 Å². The highest BCUT2D eigenvalue weighted by molar-refractivity contribution is 5.91. The second kappa shape index (κ2) is 17.2. The molecule has 1 heterocycles. The Hall–Kier alpha value is -4.64. The summed E-state index contributed by atoms with van der Waals surface area (Å²) < 4.78 is 30.6. The van der Waals surface area contributed by atoms with Gasteiger partial charge in [-0.2, -0.15) is 0 Å². The first kappa shape index (κ1) is 34.2. The van der Waals surface area contributed by atoms with Gasteiger partial charge in [-0.25, -0.2) is 4.39 Å². The molecule has 0 aliphatic carbocycles. The van der Waals surface area contributed by atoms with Gasteiger partial charge in [-0.3, -0.25) is 14.4 Å². The van der Waals surface area contributed by atoms with Gasteiger partial charge >= 0.3 is 5.97 Å². The molecule has 3 aromatic carbocycles. The summed E-state index contributed by atoms with van der Waals surface area (Å²) in [6.07, 6.45) is 2.25. The minimum absolute atomic E-state index is 0.0169. The van der Waals surface area contributed by atoms with Crippen LogP contribution in [0.5, 0.6) is 17.2 Å². The molecule has 46 heavy (non-hydrogen) atoms. The van der Waals surface area contributed by atoms with Crippen molar-refractivity contribution in [1.82, 2.24) is 4.90 Å². The van der Waals surface area contributed by atoms with Gasteiger partial charge in [0.25, 0.3) is 0 Å². The predicted molar refractivity (Wildman–Crippen MR) is 171 cm³/mol. The van der Waals surface area contributed by atoms with Gasteiger partial charge < -0.3 is 34.6 Å². The molecule has 0 unspecified atom stereocenters. The summed E-state index contributed by atoms with van der Waals surface area (Å²) in [6.45, 7) is 4.75. The number of benzene rings is 3. The van der Waals surface area contributed by atoms with Crippen molar-refractivity contribution in [3.05, 3.63) is 71.5 Å². The third kappa shape index (κ3) is 10.2. The Morgan fingerprint density at radius 1 is 0.891 bits per heavy atom. The summed E-state index contributed by atoms with van der Waals surface area (Å²) in [5, 5.41) is 22.6. The molecule has 0 atom stereocenters. The Labute approximate surface area is 268 Å². The lowest BCUT2D eigenvalue weighted by atomic mass is 10.00. The fourth-order valence-corrected chi connectivity index (χ4v) is 5.12. The molecular formula is C35H41FN2O8. The number of halogens is 1. The number of ether oxygens (including phenoxy) is 3. The summed E-state index contributed by atoms with van der Waals surface area (Å²) in [5.74, 6) is -0.446. The van der Waals surface area contributed by atoms with Crippen LogP contribution < -0.4 is 14.8 Å². The van der Waals surface area contributed by atoms with Crippen molar-refractivity contribution in [3.63, 3.8) is 0 Å². The SMILES string of the molecule is CCc1cc(-c2ccc(F)cc2)c(O)cc1OCCCOc1cc(NC(=O)CCCC(=O)N2CCOCC2)ccc1CCC(=O)O. The lowest BCUT2D eigenvalue weighted by Crippen LogP contribution is -2.40. The first-order valence-electron chi connectivity index (χ1n) is 15.6. The number of nitrogens with one attached hydrogen (secondary N) is 1. The zero-order valence-corrected chi connectivity index (χ0v) is 26.1. The summed E-state index contributed by atoms with van der Waals surface area (Å²) in [7, 11) is 0. The molecule has 3 N–H and O–H groups in total. The van der Waals surface area contributed by atoms with Crippen LogP contribution in [0.4, 0.5) is 10.1 Å². The van der Waals surface area contributed by atoms with E-state index in [1.54, 1.807) is 41.3 Å². The molecule has 0 aromatic heterocycles. The molecule has 0 spiro atoms. The number of rotatable bonds is 16. The minimum atomic E-state index is -0.927. The Kier molecular flexibility index (Phi) is 12.8. The van der Waals surface area contributed by atoms with E-state index >= 15 is 0 Å². The molecule has 3 aromatic rings. The van der Waals surface area contributed by atoms with Crippen LogP contribution in [0.15, 0.2) is 54.6 Å². The summed E-state index contributed by atoms with van der Waals surface area (Å²) in [6, 6.07) is 14.4. The lowest BCUT2D eigenvalue weighted by Gasteiger charge is -2.26. The normalized spacial score (nSPS) is 12.9. The largest absolute Gasteiger partial charge is 0.507 e. The second-order valence-electron chi connectivity index (χ2n) is 11.0. The molecule has 1 aliphatic rings. The first-order valence-corrected chi connectivity index (χ1v) is 15.6. The fourth-order valence-electron chi connectivity index (χ4n) is 5.12. The minimum Gasteiger partial charge on any atom is -0.507 e. The van der Waals surface area contributed by atoms with E-state index in [-0.39, 0.29) is 55.7 Å². The lowest BCUT2D eigenvalue weighted by molar-refractivity contribution is -0.137. The zero-order chi connectivity index (χ0) is 32.9. The molecule has 1 saturated heterocycles. The van der Waals surface area contributed by atoms with Gasteiger partial charge in [-0.15, -0.1) is 0 Å². The van der Waals surface area contributed by atoms with Crippen LogP contribution in [0.3, 0.4) is 0 Å². The van der Waals surface area contributed by atoms with Gasteiger partial charge in [0.15, 0.2) is 0 Å². The van der Waals surface area contributed by atoms with Crippen molar-refractivity contribution in [2.45, 2.75) is 51.9 Å². The number of carbonyl (C=O) groups is 3. The van der Waals surface area contributed by atoms with E-state index < -0.39 is 5.97 Å². The van der Waals surface area contributed by atoms with Crippen LogP contribution in [0.2, 0.25) is 0 Å². The van der Waals surface area contributed by atoms with Gasteiger partial charge in [-0.1, -0.05) is 25.1 Å². The van der Waals surface area contributed by atoms with Gasteiger partial charge in [0.1, 0.15) is 23.1 Å². The molecule has 0 radical (unpaired) electrons. The number of carboxylic acid groups (broad SMARTS) is 1. The Morgan fingerprint density at radius 3 is 2.26 bits per heavy atom. The average molecular weight is 637 g/mol. The Morgan fingerprint density at radius 2 is 1.59 bits per heavy atom. The van der Waals surface area contributed by atoms with Crippen molar-refractivity contribution in [1.29, 1.82) is 0 Å². The average Bonchev–Trinajstić information content (AvgIpc) is 3.05. The number of amides is 2. The number of carboxylic acids is 1. The van der Waals surface area contributed by atoms with Crippen LogP contribution in [-0.2, 0) is 32.0 Å². The van der Waals surface area contributed by atoms with E-state index in [4.69, 9.17) is 14.2 Å². The van der Waals surface area contributed by atoms with Crippen molar-refractivity contribution in [2.24, 2.45) is 0 Å². The van der Waals surface area contributed by atoms with E-state index in [0.29, 0.717) is 86.0 Å². The van der Waals surface area contributed by atoms with Crippen molar-refractivity contribution < 1.29 is 43.2 Å². The molecule has 10 nitrogen and oxygen atoms in total. The van der Waals surface area contributed by atoms with Gasteiger partial charge in [-0.05, 0) is 60.2 Å². The van der Waals surface area contributed by atoms with E-state index in [1.807, 2.05) is 13.0 Å². The number of morpholine rings is 1. The third-order valence-electron chi connectivity index (χ3n) is 7.64. The number of aromatic hydroxyl groups is 1. The van der Waals surface area contributed by atoms with Crippen LogP contribution in [-0.4, -0.2) is 72.4 Å². The van der Waals surface area contributed by atoms with E-state index in [1.165, 1.54) is 12.1 Å². The number of aliphatic carboxylic acids is 1. The number of phenols is 1. The Balaban J connectivity index is 1.30. The maximum atomic E-state index is 13.4. The standard InChI is InChI=1S/C35H41FN2O8/c1-2-24-21-29(25-7-11-27(36)12-8-25)30(39)23-32(24)46-18-4-17-45-31-22-28(13-9-26(31)10-14-35(42)43)37-33(40)5-3-6-34(41)38-15-19-44-20-16-38/h7-9,11-13,21-23,39H,2-6,10,14-20H2,1H3,(H,37,40)(H,42,43). The monoisotopic (exact) mass is 636 g/mol. The van der Waals surface area contributed by atoms with Crippen molar-refractivity contribution in [2.75, 3.05) is 44.8 Å². The molecule has 1 fully saturated rings. The number of hydrogen-bond acceptors (Lipinski definition) is 7. The first-order chi connectivity index (χ1) is 22.2. The number of hydrogen-bond donors (Lipinski definition) is 3. The van der Waals surface area contributed by atoms with Crippen molar-refractivity contribution in [3.8, 4) is 28.4 Å². The van der Waals surface area contributed by atoms with E-state index in [0.717, 1.165) is 5.56 Å². The van der Waals surface area contributed by atoms with Crippen LogP contribution >= 0.6 is 0 Å². The molecule has 11 heteroatoms. The maximum absolute atomic E-state index is 13.4. The quantitative estimate of drug-likeness (QED) is 0.173. The highest BCUT2D eigenvalue weighted by Gasteiger charge is 2.17. The van der Waals surface area contributed by atoms with E-state index in [9.17, 15) is 29.0 Å². The number of phenolic OH excluding ortho intramolecular Hbond substituents is 1. The molecule has 4 rings (SSSR count). The molecule has 2 amide bonds. The summed E-state index contributed by atoms with van der Waals surface area (Å²) in [5.41, 5.74) is 3.40. The van der Waals surface area contributed by atoms with Gasteiger partial charge in [0, 0.05) is 62.2 Å². The second-order valence-corrected chi connectivity index (χ2v) is 11.0. The smallest absolute Gasteiger partial charge is 0.303 e. The van der Waals surface area contributed by atoms with Gasteiger partial charge in [0.05, 0.1) is 26.4 Å². The molecule has 0 saturated carbocycles. The highest BCUT2D eigenvalue weighted by Crippen LogP contribution is 2.36. The molecular weight excluding hydrogens is 595 g/mol. The molecule has 246 valence electrons. The summed E-state index contributed by atoms with van der Waals surface area (Å²) in [4.78, 5) is 37.9.